The number of piperidine rings is 1. The van der Waals surface area contributed by atoms with E-state index in [4.69, 9.17) is 0 Å². The van der Waals surface area contributed by atoms with Gasteiger partial charge in [0.1, 0.15) is 5.75 Å². The van der Waals surface area contributed by atoms with Gasteiger partial charge in [-0.25, -0.2) is 0 Å². The molecular weight excluding hydrogens is 314 g/mol. The van der Waals surface area contributed by atoms with Crippen molar-refractivity contribution >= 4 is 0 Å². The monoisotopic (exact) mass is 343 g/mol. The van der Waals surface area contributed by atoms with Gasteiger partial charge in [0.15, 0.2) is 0 Å². The lowest BCUT2D eigenvalue weighted by Crippen LogP contribution is -2.73. The SMILES string of the molecule is Oc1ccc2c(c1)[C@@]13CCCC[C@@]1(O)[C@@H](C2O)N(CC1CCC1)CC3. The molecule has 0 spiro atoms. The second kappa shape index (κ2) is 5.45. The van der Waals surface area contributed by atoms with Crippen molar-refractivity contribution in [3.8, 4) is 5.75 Å². The van der Waals surface area contributed by atoms with Crippen LogP contribution in [0.3, 0.4) is 0 Å². The number of nitrogens with zero attached hydrogens (tertiary/aromatic N) is 1. The molecule has 1 unspecified atom stereocenters. The molecule has 0 amide bonds. The summed E-state index contributed by atoms with van der Waals surface area (Å²) in [7, 11) is 0. The summed E-state index contributed by atoms with van der Waals surface area (Å²) in [6.07, 6.45) is 7.99. The van der Waals surface area contributed by atoms with Crippen LogP contribution in [0.2, 0.25) is 0 Å². The Balaban J connectivity index is 1.64. The van der Waals surface area contributed by atoms with Crippen LogP contribution in [0.15, 0.2) is 18.2 Å². The van der Waals surface area contributed by atoms with Gasteiger partial charge in [-0.15, -0.1) is 0 Å². The Bertz CT molecular complexity index is 688. The fraction of sp³-hybridized carbons (Fsp3) is 0.714. The number of rotatable bonds is 2. The Morgan fingerprint density at radius 1 is 1.08 bits per heavy atom. The molecule has 1 heterocycles. The summed E-state index contributed by atoms with van der Waals surface area (Å²) in [5.41, 5.74) is 0.738. The predicted molar refractivity (Wildman–Crippen MR) is 95.5 cm³/mol. The number of hydrogen-bond acceptors (Lipinski definition) is 4. The number of likely N-dealkylation sites (tertiary alicyclic amines) is 1. The summed E-state index contributed by atoms with van der Waals surface area (Å²) in [4.78, 5) is 2.40. The van der Waals surface area contributed by atoms with Crippen LogP contribution >= 0.6 is 0 Å². The first kappa shape index (κ1) is 16.1. The molecule has 4 heteroatoms. The van der Waals surface area contributed by atoms with Crippen LogP contribution in [-0.4, -0.2) is 45.0 Å². The molecule has 1 aromatic carbocycles. The summed E-state index contributed by atoms with van der Waals surface area (Å²) in [6.45, 7) is 1.95. The van der Waals surface area contributed by atoms with Gasteiger partial charge < -0.3 is 15.3 Å². The third kappa shape index (κ3) is 2.05. The minimum atomic E-state index is -0.881. The normalized spacial score (nSPS) is 40.9. The van der Waals surface area contributed by atoms with E-state index in [9.17, 15) is 15.3 Å². The molecule has 1 saturated heterocycles. The number of benzene rings is 1. The molecule has 3 fully saturated rings. The first-order valence-corrected chi connectivity index (χ1v) is 10.0. The highest BCUT2D eigenvalue weighted by molar-refractivity contribution is 5.49. The molecule has 5 rings (SSSR count). The fourth-order valence-electron chi connectivity index (χ4n) is 6.39. The van der Waals surface area contributed by atoms with Crippen molar-refractivity contribution in [2.45, 2.75) is 74.5 Å². The summed E-state index contributed by atoms with van der Waals surface area (Å²) in [6, 6.07) is 5.16. The Hall–Kier alpha value is -1.10. The second-order valence-electron chi connectivity index (χ2n) is 8.92. The maximum atomic E-state index is 12.0. The maximum Gasteiger partial charge on any atom is 0.115 e. The Morgan fingerprint density at radius 3 is 2.64 bits per heavy atom. The topological polar surface area (TPSA) is 63.9 Å². The lowest BCUT2D eigenvalue weighted by Gasteiger charge is -2.65. The molecule has 4 nitrogen and oxygen atoms in total. The fourth-order valence-corrected chi connectivity index (χ4v) is 6.39. The molecule has 3 N–H and O–H groups in total. The van der Waals surface area contributed by atoms with E-state index in [1.54, 1.807) is 6.07 Å². The number of hydrogen-bond donors (Lipinski definition) is 3. The third-order valence-electron chi connectivity index (χ3n) is 7.84. The van der Waals surface area contributed by atoms with Gasteiger partial charge in [0.2, 0.25) is 0 Å². The molecular formula is C21H29NO3. The molecule has 1 aliphatic heterocycles. The molecule has 25 heavy (non-hydrogen) atoms. The summed E-state index contributed by atoms with van der Waals surface area (Å²) >= 11 is 0. The maximum absolute atomic E-state index is 12.0. The van der Waals surface area contributed by atoms with Crippen molar-refractivity contribution in [2.75, 3.05) is 13.1 Å². The quantitative estimate of drug-likeness (QED) is 0.773. The van der Waals surface area contributed by atoms with E-state index in [0.717, 1.165) is 62.2 Å². The zero-order chi connectivity index (χ0) is 17.2. The van der Waals surface area contributed by atoms with Crippen LogP contribution in [-0.2, 0) is 5.41 Å². The number of phenols is 1. The van der Waals surface area contributed by atoms with E-state index in [-0.39, 0.29) is 17.2 Å². The van der Waals surface area contributed by atoms with Gasteiger partial charge in [-0.05, 0) is 67.8 Å². The van der Waals surface area contributed by atoms with Gasteiger partial charge in [0, 0.05) is 12.0 Å². The molecule has 2 bridgehead atoms. The molecule has 2 saturated carbocycles. The zero-order valence-corrected chi connectivity index (χ0v) is 14.8. The van der Waals surface area contributed by atoms with E-state index in [1.165, 1.54) is 19.3 Å². The van der Waals surface area contributed by atoms with E-state index in [2.05, 4.69) is 4.90 Å². The minimum Gasteiger partial charge on any atom is -0.508 e. The van der Waals surface area contributed by atoms with Crippen LogP contribution in [0.1, 0.15) is 68.6 Å². The lowest BCUT2D eigenvalue weighted by molar-refractivity contribution is -0.201. The highest BCUT2D eigenvalue weighted by Gasteiger charge is 2.65. The van der Waals surface area contributed by atoms with Crippen LogP contribution in [0.25, 0.3) is 0 Å². The second-order valence-corrected chi connectivity index (χ2v) is 8.92. The molecule has 3 aliphatic carbocycles. The van der Waals surface area contributed by atoms with Crippen LogP contribution < -0.4 is 0 Å². The van der Waals surface area contributed by atoms with E-state index in [0.29, 0.717) is 0 Å². The molecule has 0 radical (unpaired) electrons. The van der Waals surface area contributed by atoms with Crippen molar-refractivity contribution < 1.29 is 15.3 Å². The number of aliphatic hydroxyl groups excluding tert-OH is 1. The van der Waals surface area contributed by atoms with Crippen molar-refractivity contribution in [2.24, 2.45) is 5.92 Å². The number of aromatic hydroxyl groups is 1. The molecule has 1 aromatic rings. The Kier molecular flexibility index (Phi) is 3.51. The third-order valence-corrected chi connectivity index (χ3v) is 7.84. The van der Waals surface area contributed by atoms with Gasteiger partial charge in [-0.2, -0.15) is 0 Å². The van der Waals surface area contributed by atoms with Crippen LogP contribution in [0.4, 0.5) is 0 Å². The first-order valence-electron chi connectivity index (χ1n) is 10.0. The van der Waals surface area contributed by atoms with Gasteiger partial charge in [0.05, 0.1) is 17.7 Å². The highest BCUT2D eigenvalue weighted by Crippen LogP contribution is 2.61. The van der Waals surface area contributed by atoms with Crippen molar-refractivity contribution in [1.29, 1.82) is 0 Å². The predicted octanol–water partition coefficient (Wildman–Crippen LogP) is 2.86. The zero-order valence-electron chi connectivity index (χ0n) is 14.8. The van der Waals surface area contributed by atoms with Crippen LogP contribution in [0.5, 0.6) is 5.75 Å². The largest absolute Gasteiger partial charge is 0.508 e. The van der Waals surface area contributed by atoms with Gasteiger partial charge in [0.25, 0.3) is 0 Å². The Morgan fingerprint density at radius 2 is 1.88 bits per heavy atom. The standard InChI is InChI=1S/C21H29NO3/c23-15-6-7-16-17(12-15)20-8-1-2-9-21(20,25)19(18(16)24)22(11-10-20)13-14-4-3-5-14/h6-7,12,14,18-19,23-25H,1-5,8-11,13H2/t18?,19-,20+,21-/m1/s1. The van der Waals surface area contributed by atoms with Crippen molar-refractivity contribution in [3.63, 3.8) is 0 Å². The average Bonchev–Trinajstić information content (AvgIpc) is 2.55. The lowest BCUT2D eigenvalue weighted by atomic mass is 9.49. The number of phenolic OH excluding ortho intramolecular Hbond substituents is 1. The summed E-state index contributed by atoms with van der Waals surface area (Å²) in [5, 5.41) is 33.3. The van der Waals surface area contributed by atoms with Gasteiger partial charge >= 0.3 is 0 Å². The smallest absolute Gasteiger partial charge is 0.115 e. The van der Waals surface area contributed by atoms with Gasteiger partial charge in [-0.3, -0.25) is 4.90 Å². The average molecular weight is 343 g/mol. The van der Waals surface area contributed by atoms with Gasteiger partial charge in [-0.1, -0.05) is 25.3 Å². The molecule has 4 atom stereocenters. The van der Waals surface area contributed by atoms with E-state index < -0.39 is 11.7 Å². The first-order chi connectivity index (χ1) is 12.1. The number of aliphatic hydroxyl groups is 2. The molecule has 4 aliphatic rings. The van der Waals surface area contributed by atoms with Crippen LogP contribution in [0, 0.1) is 5.92 Å². The minimum absolute atomic E-state index is 0.209. The Labute approximate surface area is 149 Å². The van der Waals surface area contributed by atoms with Crippen molar-refractivity contribution in [1.82, 2.24) is 4.90 Å². The molecule has 0 aromatic heterocycles. The van der Waals surface area contributed by atoms with E-state index in [1.807, 2.05) is 12.1 Å². The summed E-state index contributed by atoms with van der Waals surface area (Å²) in [5.74, 6) is 0.969. The van der Waals surface area contributed by atoms with E-state index >= 15 is 0 Å². The molecule has 136 valence electrons. The number of fused-ring (bicyclic) bond motifs is 1. The summed E-state index contributed by atoms with van der Waals surface area (Å²) < 4.78 is 0. The highest BCUT2D eigenvalue weighted by atomic mass is 16.3. The van der Waals surface area contributed by atoms with Crippen molar-refractivity contribution in [3.05, 3.63) is 29.3 Å².